The predicted octanol–water partition coefficient (Wildman–Crippen LogP) is 24.5. The average molecular weight is 1480 g/mol. The van der Waals surface area contributed by atoms with Gasteiger partial charge in [0.1, 0.15) is 19.3 Å². The van der Waals surface area contributed by atoms with Crippen LogP contribution >= 0.6 is 15.6 Å². The Labute approximate surface area is 619 Å². The minimum atomic E-state index is -4.96. The van der Waals surface area contributed by atoms with Gasteiger partial charge in [0.05, 0.1) is 26.4 Å². The molecule has 6 atom stereocenters. The summed E-state index contributed by atoms with van der Waals surface area (Å²) in [4.78, 5) is 72.9. The zero-order valence-electron chi connectivity index (χ0n) is 66.4. The van der Waals surface area contributed by atoms with Crippen LogP contribution in [0.2, 0.25) is 0 Å². The van der Waals surface area contributed by atoms with Crippen molar-refractivity contribution in [2.45, 2.75) is 446 Å². The lowest BCUT2D eigenvalue weighted by molar-refractivity contribution is -0.161. The van der Waals surface area contributed by atoms with E-state index in [1.165, 1.54) is 231 Å². The molecule has 0 fully saturated rings. The highest BCUT2D eigenvalue weighted by molar-refractivity contribution is 7.47. The molecule has 0 aromatic heterocycles. The number of ether oxygens (including phenoxy) is 4. The first-order chi connectivity index (χ1) is 48.8. The van der Waals surface area contributed by atoms with Crippen LogP contribution in [0.15, 0.2) is 0 Å². The summed E-state index contributed by atoms with van der Waals surface area (Å²) < 4.78 is 68.6. The Balaban J connectivity index is 5.18. The van der Waals surface area contributed by atoms with Crippen LogP contribution in [-0.4, -0.2) is 96.7 Å². The number of unbranched alkanes of at least 4 members (excludes halogenated alkanes) is 47. The highest BCUT2D eigenvalue weighted by atomic mass is 31.2. The maximum Gasteiger partial charge on any atom is 0.472 e. The number of aliphatic hydroxyl groups is 1. The van der Waals surface area contributed by atoms with Gasteiger partial charge in [0.2, 0.25) is 0 Å². The van der Waals surface area contributed by atoms with Gasteiger partial charge in [-0.05, 0) is 43.4 Å². The van der Waals surface area contributed by atoms with Gasteiger partial charge in [0, 0.05) is 25.7 Å². The fraction of sp³-hybridized carbons (Fsp3) is 0.951. The molecule has 19 heteroatoms. The molecule has 0 amide bonds. The van der Waals surface area contributed by atoms with Crippen LogP contribution in [-0.2, 0) is 65.4 Å². The van der Waals surface area contributed by atoms with Gasteiger partial charge in [-0.15, -0.1) is 0 Å². The Kier molecular flexibility index (Phi) is 70.9. The van der Waals surface area contributed by atoms with Crippen LogP contribution in [0.5, 0.6) is 0 Å². The van der Waals surface area contributed by atoms with Crippen LogP contribution < -0.4 is 0 Å². The number of carbonyl (C=O) groups is 4. The van der Waals surface area contributed by atoms with Gasteiger partial charge in [0.25, 0.3) is 0 Å². The molecule has 0 aromatic carbocycles. The SMILES string of the molecule is CCCCCCCCCCCCCCCCCCCCCC(=O)OC[C@H](COP(=O)(O)OC[C@@H](O)COP(=O)(O)OC[C@@H](COC(=O)CCCCCCCCC(C)C)OC(=O)CCCCCCCCCCC(C)C)OC(=O)CCCCCCCCCCCCCCCCCCCCC(C)CC. The first kappa shape index (κ1) is 99.1. The Bertz CT molecular complexity index is 1960. The summed E-state index contributed by atoms with van der Waals surface area (Å²) in [7, 11) is -9.92. The molecule has 101 heavy (non-hydrogen) atoms. The molecule has 3 N–H and O–H groups in total. The van der Waals surface area contributed by atoms with Crippen molar-refractivity contribution in [1.82, 2.24) is 0 Å². The first-order valence-corrected chi connectivity index (χ1v) is 45.4. The molecule has 17 nitrogen and oxygen atoms in total. The van der Waals surface area contributed by atoms with Gasteiger partial charge in [0.15, 0.2) is 12.2 Å². The van der Waals surface area contributed by atoms with E-state index in [2.05, 4.69) is 48.5 Å². The van der Waals surface area contributed by atoms with E-state index < -0.39 is 97.5 Å². The highest BCUT2D eigenvalue weighted by Gasteiger charge is 2.30. The van der Waals surface area contributed by atoms with E-state index in [9.17, 15) is 43.2 Å². The zero-order chi connectivity index (χ0) is 74.4. The predicted molar refractivity (Wildman–Crippen MR) is 414 cm³/mol. The maximum absolute atomic E-state index is 13.1. The fourth-order valence-corrected chi connectivity index (χ4v) is 14.2. The molecule has 0 saturated carbocycles. The van der Waals surface area contributed by atoms with Crippen molar-refractivity contribution in [2.24, 2.45) is 17.8 Å². The number of hydrogen-bond acceptors (Lipinski definition) is 15. The average Bonchev–Trinajstić information content (AvgIpc) is 0.924. The van der Waals surface area contributed by atoms with Gasteiger partial charge >= 0.3 is 39.5 Å². The lowest BCUT2D eigenvalue weighted by atomic mass is 9.99. The molecule has 0 rings (SSSR count). The third kappa shape index (κ3) is 74.7. The molecule has 3 unspecified atom stereocenters. The number of esters is 4. The lowest BCUT2D eigenvalue weighted by Gasteiger charge is -2.21. The van der Waals surface area contributed by atoms with Crippen molar-refractivity contribution in [3.63, 3.8) is 0 Å². The summed E-state index contributed by atoms with van der Waals surface area (Å²) >= 11 is 0. The van der Waals surface area contributed by atoms with Crippen molar-refractivity contribution >= 4 is 39.5 Å². The lowest BCUT2D eigenvalue weighted by Crippen LogP contribution is -2.30. The number of carbonyl (C=O) groups excluding carboxylic acids is 4. The normalized spacial score (nSPS) is 14.2. The van der Waals surface area contributed by atoms with Gasteiger partial charge in [-0.1, -0.05) is 376 Å². The molecule has 600 valence electrons. The van der Waals surface area contributed by atoms with Crippen molar-refractivity contribution in [1.29, 1.82) is 0 Å². The standard InChI is InChI=1S/C82H160O17P2/c1-8-10-11-12-13-14-15-16-17-18-19-23-26-29-32-35-41-49-56-63-79(84)92-69-77(98-81(86)65-58-51-42-36-33-30-27-24-21-20-22-25-28-31-34-40-48-55-62-75(7)9-2)71-96-100(88,89)94-67-76(83)68-95-101(90,91)97-72-78(70-93-80(85)64-57-50-45-44-47-54-61-74(5)6)99-82(87)66-59-52-43-38-37-39-46-53-60-73(3)4/h73-78,83H,8-72H2,1-7H3,(H,88,89)(H,90,91)/t75?,76-,77-,78-/m1/s1. The van der Waals surface area contributed by atoms with Crippen LogP contribution in [0.1, 0.15) is 427 Å². The molecule has 0 saturated heterocycles. The topological polar surface area (TPSA) is 237 Å². The van der Waals surface area contributed by atoms with Crippen molar-refractivity contribution in [3.8, 4) is 0 Å². The van der Waals surface area contributed by atoms with E-state index in [0.29, 0.717) is 31.6 Å². The summed E-state index contributed by atoms with van der Waals surface area (Å²) in [6.07, 6.45) is 61.5. The smallest absolute Gasteiger partial charge is 0.462 e. The zero-order valence-corrected chi connectivity index (χ0v) is 68.2. The van der Waals surface area contributed by atoms with Gasteiger partial charge in [-0.2, -0.15) is 0 Å². The van der Waals surface area contributed by atoms with Crippen LogP contribution in [0.4, 0.5) is 0 Å². The van der Waals surface area contributed by atoms with Crippen molar-refractivity contribution < 1.29 is 80.2 Å². The van der Waals surface area contributed by atoms with E-state index >= 15 is 0 Å². The molecular formula is C82H160O17P2. The molecule has 0 heterocycles. The summed E-state index contributed by atoms with van der Waals surface area (Å²) in [5, 5.41) is 10.6. The summed E-state index contributed by atoms with van der Waals surface area (Å²) in [6.45, 7) is 11.9. The minimum absolute atomic E-state index is 0.104. The van der Waals surface area contributed by atoms with Crippen LogP contribution in [0, 0.1) is 17.8 Å². The van der Waals surface area contributed by atoms with Gasteiger partial charge < -0.3 is 33.8 Å². The van der Waals surface area contributed by atoms with E-state index in [1.54, 1.807) is 0 Å². The molecule has 0 aliphatic heterocycles. The summed E-state index contributed by atoms with van der Waals surface area (Å²) in [6, 6.07) is 0. The molecular weight excluding hydrogens is 1320 g/mol. The fourth-order valence-electron chi connectivity index (χ4n) is 12.6. The molecule has 0 bridgehead atoms. The molecule has 0 aliphatic rings. The molecule has 0 radical (unpaired) electrons. The second kappa shape index (κ2) is 72.3. The number of hydrogen-bond donors (Lipinski definition) is 3. The number of aliphatic hydroxyl groups excluding tert-OH is 1. The Hall–Kier alpha value is -1.94. The number of phosphoric acid groups is 2. The summed E-state index contributed by atoms with van der Waals surface area (Å²) in [5.74, 6) is 0.153. The third-order valence-corrected chi connectivity index (χ3v) is 21.4. The van der Waals surface area contributed by atoms with E-state index in [-0.39, 0.29) is 25.7 Å². The van der Waals surface area contributed by atoms with E-state index in [4.69, 9.17) is 37.0 Å². The first-order valence-electron chi connectivity index (χ1n) is 42.4. The third-order valence-electron chi connectivity index (χ3n) is 19.5. The van der Waals surface area contributed by atoms with E-state index in [1.807, 2.05) is 0 Å². The van der Waals surface area contributed by atoms with Gasteiger partial charge in [-0.25, -0.2) is 9.13 Å². The largest absolute Gasteiger partial charge is 0.472 e. The van der Waals surface area contributed by atoms with Gasteiger partial charge in [-0.3, -0.25) is 37.3 Å². The highest BCUT2D eigenvalue weighted by Crippen LogP contribution is 2.45. The second-order valence-electron chi connectivity index (χ2n) is 30.7. The van der Waals surface area contributed by atoms with Crippen molar-refractivity contribution in [3.05, 3.63) is 0 Å². The quantitative estimate of drug-likeness (QED) is 0.0222. The monoisotopic (exact) mass is 1480 g/mol. The molecule has 0 aromatic rings. The Morgan fingerprint density at radius 3 is 0.752 bits per heavy atom. The minimum Gasteiger partial charge on any atom is -0.462 e. The molecule has 0 spiro atoms. The second-order valence-corrected chi connectivity index (χ2v) is 33.6. The van der Waals surface area contributed by atoms with Crippen LogP contribution in [0.3, 0.4) is 0 Å². The number of phosphoric ester groups is 2. The summed E-state index contributed by atoms with van der Waals surface area (Å²) in [5.41, 5.74) is 0. The Morgan fingerprint density at radius 2 is 0.505 bits per heavy atom. The number of rotatable bonds is 80. The molecule has 0 aliphatic carbocycles. The Morgan fingerprint density at radius 1 is 0.287 bits per heavy atom. The van der Waals surface area contributed by atoms with Crippen molar-refractivity contribution in [2.75, 3.05) is 39.6 Å². The maximum atomic E-state index is 13.1. The van der Waals surface area contributed by atoms with Crippen LogP contribution in [0.25, 0.3) is 0 Å². The van der Waals surface area contributed by atoms with E-state index in [0.717, 1.165) is 108 Å².